The number of para-hydroxylation sites is 1. The van der Waals surface area contributed by atoms with Gasteiger partial charge in [0.15, 0.2) is 0 Å². The fourth-order valence-electron chi connectivity index (χ4n) is 3.65. The second-order valence-electron chi connectivity index (χ2n) is 8.16. The third kappa shape index (κ3) is 9.07. The van der Waals surface area contributed by atoms with Gasteiger partial charge in [0.2, 0.25) is 0 Å². The zero-order valence-electron chi connectivity index (χ0n) is 20.8. The van der Waals surface area contributed by atoms with E-state index in [9.17, 15) is 4.39 Å². The van der Waals surface area contributed by atoms with E-state index in [2.05, 4.69) is 42.7 Å². The number of ether oxygens (including phenoxy) is 2. The van der Waals surface area contributed by atoms with E-state index in [0.717, 1.165) is 68.5 Å². The van der Waals surface area contributed by atoms with E-state index < -0.39 is 5.83 Å². The van der Waals surface area contributed by atoms with Crippen molar-refractivity contribution in [3.8, 4) is 5.75 Å². The molecule has 186 valence electrons. The first-order chi connectivity index (χ1) is 16.5. The highest BCUT2D eigenvalue weighted by atomic mass is 32.2. The third-order valence-corrected chi connectivity index (χ3v) is 6.30. The monoisotopic (exact) mass is 486 g/mol. The molecule has 34 heavy (non-hydrogen) atoms. The Morgan fingerprint density at radius 3 is 2.47 bits per heavy atom. The summed E-state index contributed by atoms with van der Waals surface area (Å²) in [7, 11) is 1.90. The van der Waals surface area contributed by atoms with E-state index in [1.165, 1.54) is 11.6 Å². The molecule has 1 unspecified atom stereocenters. The standard InChI is InChI=1S/C28H39FN2O2S/c1-6-9-16-31(17-10-7-2)26-19-23(21-32-25-14-12-11-13-15-25)20-27(34-30-5)28(26)33-22(4)18-24(29)8-3/h8,11-15,18-19,27,30H,3-4,6-7,9-10,16-17,20-21H2,1-2,5H3/b24-18+. The summed E-state index contributed by atoms with van der Waals surface area (Å²) in [4.78, 5) is 2.40. The highest BCUT2D eigenvalue weighted by Crippen LogP contribution is 2.36. The fraction of sp³-hybridized carbons (Fsp3) is 0.429. The molecule has 1 atom stereocenters. The zero-order chi connectivity index (χ0) is 24.8. The summed E-state index contributed by atoms with van der Waals surface area (Å²) >= 11 is 1.59. The molecule has 0 bridgehead atoms. The van der Waals surface area contributed by atoms with Gasteiger partial charge in [0.25, 0.3) is 0 Å². The first kappa shape index (κ1) is 27.8. The van der Waals surface area contributed by atoms with Crippen molar-refractivity contribution in [2.75, 3.05) is 26.7 Å². The van der Waals surface area contributed by atoms with E-state index >= 15 is 0 Å². The van der Waals surface area contributed by atoms with Crippen LogP contribution in [0.2, 0.25) is 0 Å². The van der Waals surface area contributed by atoms with Crippen LogP contribution in [-0.2, 0) is 4.74 Å². The van der Waals surface area contributed by atoms with Gasteiger partial charge < -0.3 is 14.4 Å². The molecule has 0 radical (unpaired) electrons. The minimum Gasteiger partial charge on any atom is -0.489 e. The number of nitrogens with one attached hydrogen (secondary N) is 1. The highest BCUT2D eigenvalue weighted by Gasteiger charge is 2.29. The van der Waals surface area contributed by atoms with Crippen LogP contribution >= 0.6 is 11.9 Å². The molecular weight excluding hydrogens is 447 g/mol. The summed E-state index contributed by atoms with van der Waals surface area (Å²) in [6.45, 7) is 14.2. The van der Waals surface area contributed by atoms with Crippen LogP contribution in [0.3, 0.4) is 0 Å². The Morgan fingerprint density at radius 2 is 1.88 bits per heavy atom. The number of allylic oxidation sites excluding steroid dienone is 4. The maximum absolute atomic E-state index is 13.8. The minimum atomic E-state index is -0.470. The lowest BCUT2D eigenvalue weighted by atomic mass is 10.00. The number of hydrogen-bond donors (Lipinski definition) is 1. The first-order valence-corrected chi connectivity index (χ1v) is 12.9. The average molecular weight is 487 g/mol. The van der Waals surface area contributed by atoms with Gasteiger partial charge in [0, 0.05) is 19.2 Å². The minimum absolute atomic E-state index is 0.00192. The van der Waals surface area contributed by atoms with Crippen LogP contribution in [0, 0.1) is 0 Å². The Morgan fingerprint density at radius 1 is 1.21 bits per heavy atom. The molecule has 1 aliphatic carbocycles. The number of unbranched alkanes of at least 4 members (excludes halogenated alkanes) is 2. The van der Waals surface area contributed by atoms with E-state index in [-0.39, 0.29) is 11.0 Å². The molecule has 0 amide bonds. The molecule has 0 heterocycles. The van der Waals surface area contributed by atoms with Crippen molar-refractivity contribution >= 4 is 11.9 Å². The Bertz CT molecular complexity index is 872. The van der Waals surface area contributed by atoms with E-state index in [1.807, 2.05) is 37.4 Å². The Kier molecular flexibility index (Phi) is 12.6. The summed E-state index contributed by atoms with van der Waals surface area (Å²) < 4.78 is 29.3. The Labute approximate surface area is 209 Å². The topological polar surface area (TPSA) is 33.7 Å². The number of benzene rings is 1. The van der Waals surface area contributed by atoms with Crippen LogP contribution in [0.25, 0.3) is 0 Å². The lowest BCUT2D eigenvalue weighted by molar-refractivity contribution is 0.258. The second kappa shape index (κ2) is 15.5. The molecule has 6 heteroatoms. The van der Waals surface area contributed by atoms with Gasteiger partial charge in [0.05, 0.1) is 10.9 Å². The van der Waals surface area contributed by atoms with Gasteiger partial charge in [-0.1, -0.05) is 70.0 Å². The molecular formula is C28H39FN2O2S. The Hall–Kier alpha value is -2.44. The van der Waals surface area contributed by atoms with Gasteiger partial charge in [-0.15, -0.1) is 0 Å². The van der Waals surface area contributed by atoms with Crippen LogP contribution in [0.15, 0.2) is 90.3 Å². The van der Waals surface area contributed by atoms with Gasteiger partial charge in [-0.25, -0.2) is 4.39 Å². The number of rotatable bonds is 16. The van der Waals surface area contributed by atoms with Gasteiger partial charge >= 0.3 is 0 Å². The molecule has 0 saturated carbocycles. The van der Waals surface area contributed by atoms with Crippen molar-refractivity contribution < 1.29 is 13.9 Å². The maximum atomic E-state index is 13.8. The number of hydrogen-bond acceptors (Lipinski definition) is 5. The molecule has 0 aliphatic heterocycles. The average Bonchev–Trinajstić information content (AvgIpc) is 2.85. The van der Waals surface area contributed by atoms with Crippen LogP contribution in [0.1, 0.15) is 46.0 Å². The molecule has 1 N–H and O–H groups in total. The van der Waals surface area contributed by atoms with E-state index in [1.54, 1.807) is 11.9 Å². The predicted molar refractivity (Wildman–Crippen MR) is 143 cm³/mol. The summed E-state index contributed by atoms with van der Waals surface area (Å²) in [5.74, 6) is 1.44. The van der Waals surface area contributed by atoms with Crippen molar-refractivity contribution in [2.45, 2.75) is 51.2 Å². The molecule has 0 spiro atoms. The van der Waals surface area contributed by atoms with Crippen molar-refractivity contribution in [2.24, 2.45) is 0 Å². The SMILES string of the molecule is C=C/C(F)=C\C(=C)OC1=C(N(CCCC)CCCC)C=C(COc2ccccc2)CC1SNC. The molecule has 0 aromatic heterocycles. The molecule has 1 aromatic rings. The van der Waals surface area contributed by atoms with Gasteiger partial charge in [-0.3, -0.25) is 4.72 Å². The molecule has 2 rings (SSSR count). The summed E-state index contributed by atoms with van der Waals surface area (Å²) in [5, 5.41) is 0.00192. The number of halogens is 1. The highest BCUT2D eigenvalue weighted by molar-refractivity contribution is 7.98. The lowest BCUT2D eigenvalue weighted by Gasteiger charge is -2.34. The zero-order valence-corrected chi connectivity index (χ0v) is 21.6. The van der Waals surface area contributed by atoms with Crippen molar-refractivity contribution in [1.29, 1.82) is 0 Å². The van der Waals surface area contributed by atoms with E-state index in [0.29, 0.717) is 6.61 Å². The van der Waals surface area contributed by atoms with Gasteiger partial charge in [-0.2, -0.15) is 0 Å². The third-order valence-electron chi connectivity index (χ3n) is 5.40. The fourth-order valence-corrected chi connectivity index (χ4v) is 4.51. The molecule has 0 fully saturated rings. The normalized spacial score (nSPS) is 16.2. The summed E-state index contributed by atoms with van der Waals surface area (Å²) in [6, 6.07) is 9.86. The maximum Gasteiger partial charge on any atom is 0.142 e. The lowest BCUT2D eigenvalue weighted by Crippen LogP contribution is -2.32. The smallest absolute Gasteiger partial charge is 0.142 e. The molecule has 0 saturated heterocycles. The van der Waals surface area contributed by atoms with Crippen LogP contribution in [-0.4, -0.2) is 36.9 Å². The Balaban J connectivity index is 2.44. The van der Waals surface area contributed by atoms with Crippen molar-refractivity contribution in [3.05, 3.63) is 90.3 Å². The van der Waals surface area contributed by atoms with Crippen molar-refractivity contribution in [3.63, 3.8) is 0 Å². The molecule has 1 aliphatic rings. The predicted octanol–water partition coefficient (Wildman–Crippen LogP) is 7.32. The van der Waals surface area contributed by atoms with Crippen molar-refractivity contribution in [1.82, 2.24) is 9.62 Å². The molecule has 4 nitrogen and oxygen atoms in total. The van der Waals surface area contributed by atoms with Gasteiger partial charge in [0.1, 0.15) is 29.7 Å². The second-order valence-corrected chi connectivity index (χ2v) is 9.38. The first-order valence-electron chi connectivity index (χ1n) is 12.1. The summed E-state index contributed by atoms with van der Waals surface area (Å²) in [5.41, 5.74) is 2.22. The number of nitrogens with zero attached hydrogens (tertiary/aromatic N) is 1. The van der Waals surface area contributed by atoms with Crippen LogP contribution < -0.4 is 9.46 Å². The quantitative estimate of drug-likeness (QED) is 0.150. The van der Waals surface area contributed by atoms with Crippen LogP contribution in [0.4, 0.5) is 4.39 Å². The van der Waals surface area contributed by atoms with Crippen LogP contribution in [0.5, 0.6) is 5.75 Å². The largest absolute Gasteiger partial charge is 0.489 e. The van der Waals surface area contributed by atoms with Gasteiger partial charge in [-0.05, 0) is 56.2 Å². The molecule has 1 aromatic carbocycles. The van der Waals surface area contributed by atoms with E-state index in [4.69, 9.17) is 9.47 Å². The summed E-state index contributed by atoms with van der Waals surface area (Å²) in [6.07, 6.45) is 9.75.